The lowest BCUT2D eigenvalue weighted by atomic mass is 10.1. The minimum Gasteiger partial charge on any atom is -0.493 e. The molecule has 3 rings (SSSR count). The molecular formula is C25H19Br2IN2O5S. The fourth-order valence-corrected chi connectivity index (χ4v) is 6.54. The van der Waals surface area contributed by atoms with Gasteiger partial charge in [-0.15, -0.1) is 0 Å². The number of amides is 1. The number of hydrogen-bond donors (Lipinski definition) is 1. The molecule has 0 aromatic heterocycles. The summed E-state index contributed by atoms with van der Waals surface area (Å²) in [5, 5.41) is 12.4. The van der Waals surface area contributed by atoms with E-state index in [1.807, 2.05) is 54.6 Å². The number of anilines is 1. The topological polar surface area (TPSA) is 105 Å². The summed E-state index contributed by atoms with van der Waals surface area (Å²) in [4.78, 5) is 12.8. The molecule has 36 heavy (non-hydrogen) atoms. The van der Waals surface area contributed by atoms with E-state index in [1.165, 1.54) is 31.4 Å². The molecule has 0 saturated heterocycles. The number of nitrogens with one attached hydrogen (secondary N) is 1. The average molecular weight is 746 g/mol. The first-order valence-electron chi connectivity index (χ1n) is 10.2. The van der Waals surface area contributed by atoms with Crippen molar-refractivity contribution < 1.29 is 22.1 Å². The first-order chi connectivity index (χ1) is 16.9. The highest BCUT2D eigenvalue weighted by molar-refractivity contribution is 14.1. The Hall–Kier alpha value is -2.40. The summed E-state index contributed by atoms with van der Waals surface area (Å²) in [7, 11) is -2.74. The number of nitrogens with zero attached hydrogens (tertiary/aromatic N) is 1. The molecule has 3 aromatic rings. The zero-order chi connectivity index (χ0) is 26.6. The van der Waals surface area contributed by atoms with Crippen molar-refractivity contribution >= 4 is 82.2 Å². The van der Waals surface area contributed by atoms with Gasteiger partial charge in [-0.2, -0.15) is 13.7 Å². The van der Waals surface area contributed by atoms with E-state index in [2.05, 4.69) is 37.2 Å². The van der Waals surface area contributed by atoms with E-state index in [0.717, 1.165) is 11.1 Å². The van der Waals surface area contributed by atoms with Gasteiger partial charge in [0.15, 0.2) is 11.5 Å². The van der Waals surface area contributed by atoms with Crippen LogP contribution in [0.3, 0.4) is 0 Å². The molecule has 0 saturated carbocycles. The Bertz CT molecular complexity index is 1490. The van der Waals surface area contributed by atoms with Gasteiger partial charge in [-0.05, 0) is 122 Å². The summed E-state index contributed by atoms with van der Waals surface area (Å²) in [5.41, 5.74) is 2.68. The van der Waals surface area contributed by atoms with Crippen LogP contribution in [-0.2, 0) is 14.9 Å². The van der Waals surface area contributed by atoms with E-state index in [1.54, 1.807) is 18.2 Å². The quantitative estimate of drug-likeness (QED) is 0.124. The summed E-state index contributed by atoms with van der Waals surface area (Å²) in [6.45, 7) is 3.76. The van der Waals surface area contributed by atoms with Crippen LogP contribution in [0.25, 0.3) is 6.08 Å². The molecule has 0 spiro atoms. The first kappa shape index (κ1) is 28.2. The molecule has 186 valence electrons. The number of aryl methyl sites for hydroxylation is 2. The van der Waals surface area contributed by atoms with Crippen LogP contribution in [0.5, 0.6) is 11.5 Å². The van der Waals surface area contributed by atoms with Crippen molar-refractivity contribution in [2.45, 2.75) is 18.7 Å². The van der Waals surface area contributed by atoms with E-state index < -0.39 is 16.0 Å². The molecule has 1 amide bonds. The molecule has 0 unspecified atom stereocenters. The summed E-state index contributed by atoms with van der Waals surface area (Å²) in [6, 6.07) is 14.9. The third-order valence-corrected chi connectivity index (χ3v) is 8.14. The minimum absolute atomic E-state index is 0.00583. The zero-order valence-corrected chi connectivity index (χ0v) is 25.4. The molecule has 0 fully saturated rings. The maximum Gasteiger partial charge on any atom is 0.339 e. The molecule has 0 radical (unpaired) electrons. The molecule has 11 heteroatoms. The number of nitriles is 1. The maximum absolute atomic E-state index is 12.8. The lowest BCUT2D eigenvalue weighted by Gasteiger charge is -2.14. The summed E-state index contributed by atoms with van der Waals surface area (Å²) < 4.78 is 38.1. The normalized spacial score (nSPS) is 11.5. The smallest absolute Gasteiger partial charge is 0.339 e. The number of halogens is 3. The Balaban J connectivity index is 1.93. The fourth-order valence-electron chi connectivity index (χ4n) is 3.08. The van der Waals surface area contributed by atoms with Crippen LogP contribution in [-0.4, -0.2) is 21.4 Å². The first-order valence-corrected chi connectivity index (χ1v) is 14.3. The molecule has 0 aliphatic rings. The van der Waals surface area contributed by atoms with E-state index in [9.17, 15) is 18.5 Å². The van der Waals surface area contributed by atoms with Crippen molar-refractivity contribution in [1.29, 1.82) is 5.26 Å². The summed E-state index contributed by atoms with van der Waals surface area (Å²) in [6.07, 6.45) is 1.38. The van der Waals surface area contributed by atoms with Crippen molar-refractivity contribution in [1.82, 2.24) is 0 Å². The lowest BCUT2D eigenvalue weighted by Crippen LogP contribution is -2.14. The van der Waals surface area contributed by atoms with Crippen molar-refractivity contribution in [2.75, 3.05) is 12.4 Å². The van der Waals surface area contributed by atoms with E-state index in [-0.39, 0.29) is 22.0 Å². The van der Waals surface area contributed by atoms with Gasteiger partial charge in [0.2, 0.25) is 0 Å². The van der Waals surface area contributed by atoms with Crippen LogP contribution in [0.4, 0.5) is 5.69 Å². The third kappa shape index (κ3) is 6.67. The number of rotatable bonds is 7. The predicted molar refractivity (Wildman–Crippen MR) is 154 cm³/mol. The Morgan fingerprint density at radius 2 is 1.67 bits per heavy atom. The van der Waals surface area contributed by atoms with Gasteiger partial charge in [-0.3, -0.25) is 4.79 Å². The van der Waals surface area contributed by atoms with Crippen molar-refractivity contribution in [3.63, 3.8) is 0 Å². The highest BCUT2D eigenvalue weighted by Gasteiger charge is 2.22. The number of carbonyl (C=O) groups excluding carboxylic acids is 1. The number of benzene rings is 3. The number of ether oxygens (including phenoxy) is 1. The number of methoxy groups -OCH3 is 1. The molecule has 0 aliphatic heterocycles. The van der Waals surface area contributed by atoms with E-state index in [4.69, 9.17) is 8.92 Å². The van der Waals surface area contributed by atoms with Gasteiger partial charge in [-0.1, -0.05) is 17.7 Å². The van der Waals surface area contributed by atoms with Crippen LogP contribution < -0.4 is 14.2 Å². The highest BCUT2D eigenvalue weighted by atomic mass is 127. The van der Waals surface area contributed by atoms with Crippen molar-refractivity contribution in [3.05, 3.63) is 83.3 Å². The van der Waals surface area contributed by atoms with E-state index in [0.29, 0.717) is 23.8 Å². The highest BCUT2D eigenvalue weighted by Crippen LogP contribution is 2.37. The molecule has 0 bridgehead atoms. The molecule has 7 nitrogen and oxygen atoms in total. The lowest BCUT2D eigenvalue weighted by molar-refractivity contribution is -0.112. The Morgan fingerprint density at radius 1 is 1.06 bits per heavy atom. The van der Waals surface area contributed by atoms with Gasteiger partial charge in [0.25, 0.3) is 5.91 Å². The van der Waals surface area contributed by atoms with Gasteiger partial charge < -0.3 is 14.2 Å². The molecule has 0 aliphatic carbocycles. The molecule has 3 aromatic carbocycles. The standard InChI is InChI=1S/C25H19Br2IN2O5S/c1-14-4-6-18(7-5-14)36(32,33)35-24-21(28)11-16(12-22(24)34-3)10-17(13-29)25(31)30-23-19(26)8-15(2)9-20(23)27/h4-12H,1-3H3,(H,30,31)/b17-10+. The van der Waals surface area contributed by atoms with Crippen LogP contribution in [0, 0.1) is 28.7 Å². The minimum atomic E-state index is -4.11. The fraction of sp³-hybridized carbons (Fsp3) is 0.120. The largest absolute Gasteiger partial charge is 0.493 e. The molecule has 1 N–H and O–H groups in total. The Kier molecular flexibility index (Phi) is 9.21. The van der Waals surface area contributed by atoms with Crippen LogP contribution in [0.15, 0.2) is 67.9 Å². The average Bonchev–Trinajstić information content (AvgIpc) is 2.81. The maximum atomic E-state index is 12.8. The van der Waals surface area contributed by atoms with Gasteiger partial charge in [0.05, 0.1) is 16.4 Å². The van der Waals surface area contributed by atoms with Crippen LogP contribution in [0.2, 0.25) is 0 Å². The SMILES string of the molecule is COc1cc(/C=C(\C#N)C(=O)Nc2c(Br)cc(C)cc2Br)cc(I)c1OS(=O)(=O)c1ccc(C)cc1. The van der Waals surface area contributed by atoms with Crippen LogP contribution in [0.1, 0.15) is 16.7 Å². The number of hydrogen-bond acceptors (Lipinski definition) is 6. The second-order valence-corrected chi connectivity index (χ2v) is 12.0. The van der Waals surface area contributed by atoms with Gasteiger partial charge in [-0.25, -0.2) is 0 Å². The monoisotopic (exact) mass is 744 g/mol. The zero-order valence-electron chi connectivity index (χ0n) is 19.2. The van der Waals surface area contributed by atoms with E-state index >= 15 is 0 Å². The van der Waals surface area contributed by atoms with Crippen molar-refractivity contribution in [3.8, 4) is 17.6 Å². The Morgan fingerprint density at radius 3 is 2.22 bits per heavy atom. The molecule has 0 heterocycles. The summed E-state index contributed by atoms with van der Waals surface area (Å²) >= 11 is 8.75. The third-order valence-electron chi connectivity index (χ3n) is 4.86. The van der Waals surface area contributed by atoms with Gasteiger partial charge >= 0.3 is 10.1 Å². The predicted octanol–water partition coefficient (Wildman–Crippen LogP) is 6.76. The molecule has 0 atom stereocenters. The second-order valence-electron chi connectivity index (χ2n) is 7.61. The molecular weight excluding hydrogens is 727 g/mol. The second kappa shape index (κ2) is 11.8. The van der Waals surface area contributed by atoms with Gasteiger partial charge in [0, 0.05) is 8.95 Å². The number of carbonyl (C=O) groups is 1. The summed E-state index contributed by atoms with van der Waals surface area (Å²) in [5.74, 6) is -0.476. The Labute approximate surface area is 240 Å². The van der Waals surface area contributed by atoms with Gasteiger partial charge in [0.1, 0.15) is 16.5 Å². The van der Waals surface area contributed by atoms with Crippen molar-refractivity contribution in [2.24, 2.45) is 0 Å². The van der Waals surface area contributed by atoms with Crippen LogP contribution >= 0.6 is 54.5 Å².